The van der Waals surface area contributed by atoms with Gasteiger partial charge in [-0.1, -0.05) is 30.1 Å². The van der Waals surface area contributed by atoms with Crippen LogP contribution in [-0.4, -0.2) is 13.2 Å². The van der Waals surface area contributed by atoms with Crippen LogP contribution in [-0.2, 0) is 0 Å². The van der Waals surface area contributed by atoms with Crippen molar-refractivity contribution in [2.24, 2.45) is 0 Å². The van der Waals surface area contributed by atoms with E-state index < -0.39 is 0 Å². The van der Waals surface area contributed by atoms with Crippen molar-refractivity contribution < 1.29 is 4.74 Å². The number of ether oxygens (including phenoxy) is 1. The van der Waals surface area contributed by atoms with E-state index in [4.69, 9.17) is 27.9 Å². The number of benzene rings is 1. The first-order valence-corrected chi connectivity index (χ1v) is 6.33. The highest BCUT2D eigenvalue weighted by Gasteiger charge is 2.22. The van der Waals surface area contributed by atoms with Gasteiger partial charge in [0.1, 0.15) is 5.75 Å². The molecular formula is C12H15Cl2NO. The van der Waals surface area contributed by atoms with Crippen LogP contribution in [0.4, 0.5) is 0 Å². The molecule has 1 unspecified atom stereocenters. The molecule has 0 saturated carbocycles. The summed E-state index contributed by atoms with van der Waals surface area (Å²) in [5, 5.41) is 4.75. The van der Waals surface area contributed by atoms with Gasteiger partial charge in [0, 0.05) is 16.6 Å². The summed E-state index contributed by atoms with van der Waals surface area (Å²) in [5.74, 6) is 0.820. The lowest BCUT2D eigenvalue weighted by atomic mass is 10.0. The molecule has 1 N–H and O–H groups in total. The topological polar surface area (TPSA) is 21.3 Å². The third-order valence-electron chi connectivity index (χ3n) is 2.75. The zero-order chi connectivity index (χ0) is 11.5. The number of nitrogens with one attached hydrogen (secondary N) is 1. The molecule has 0 bridgehead atoms. The van der Waals surface area contributed by atoms with Crippen molar-refractivity contribution in [1.82, 2.24) is 5.32 Å². The molecule has 16 heavy (non-hydrogen) atoms. The Hall–Kier alpha value is -0.440. The van der Waals surface area contributed by atoms with Gasteiger partial charge in [0.05, 0.1) is 11.6 Å². The van der Waals surface area contributed by atoms with Gasteiger partial charge in [0.15, 0.2) is 0 Å². The first-order chi connectivity index (χ1) is 7.72. The van der Waals surface area contributed by atoms with Crippen LogP contribution in [0.1, 0.15) is 31.4 Å². The quantitative estimate of drug-likeness (QED) is 0.872. The Balaban J connectivity index is 2.43. The molecule has 1 aliphatic heterocycles. The van der Waals surface area contributed by atoms with Gasteiger partial charge in [-0.15, -0.1) is 0 Å². The van der Waals surface area contributed by atoms with Crippen molar-refractivity contribution in [2.45, 2.75) is 25.8 Å². The van der Waals surface area contributed by atoms with Gasteiger partial charge in [-0.2, -0.15) is 0 Å². The fourth-order valence-electron chi connectivity index (χ4n) is 2.08. The molecule has 0 spiro atoms. The van der Waals surface area contributed by atoms with E-state index in [2.05, 4.69) is 12.2 Å². The van der Waals surface area contributed by atoms with Crippen molar-refractivity contribution in [3.8, 4) is 5.75 Å². The molecule has 0 aliphatic carbocycles. The average molecular weight is 260 g/mol. The summed E-state index contributed by atoms with van der Waals surface area (Å²) in [7, 11) is 0. The largest absolute Gasteiger partial charge is 0.493 e. The zero-order valence-electron chi connectivity index (χ0n) is 9.22. The first-order valence-electron chi connectivity index (χ1n) is 5.57. The predicted octanol–water partition coefficient (Wildman–Crippen LogP) is 3.82. The normalized spacial score (nSPS) is 19.8. The predicted molar refractivity (Wildman–Crippen MR) is 67.6 cm³/mol. The summed E-state index contributed by atoms with van der Waals surface area (Å²) in [6.07, 6.45) is 2.07. The van der Waals surface area contributed by atoms with Gasteiger partial charge >= 0.3 is 0 Å². The number of halogens is 2. The molecule has 1 aromatic carbocycles. The molecule has 1 atom stereocenters. The van der Waals surface area contributed by atoms with Crippen LogP contribution in [0.15, 0.2) is 12.1 Å². The van der Waals surface area contributed by atoms with Crippen LogP contribution in [0.5, 0.6) is 5.75 Å². The average Bonchev–Trinajstić information content (AvgIpc) is 2.41. The third-order valence-corrected chi connectivity index (χ3v) is 3.28. The first kappa shape index (κ1) is 12.0. The maximum absolute atomic E-state index is 6.25. The Morgan fingerprint density at radius 1 is 1.44 bits per heavy atom. The SMILES string of the molecule is CCNC1CCCOc2cc(Cl)cc(Cl)c21. The van der Waals surface area contributed by atoms with E-state index in [0.29, 0.717) is 10.0 Å². The maximum Gasteiger partial charge on any atom is 0.127 e. The highest BCUT2D eigenvalue weighted by atomic mass is 35.5. The van der Waals surface area contributed by atoms with Crippen LogP contribution < -0.4 is 10.1 Å². The Kier molecular flexibility index (Phi) is 3.95. The fourth-order valence-corrected chi connectivity index (χ4v) is 2.69. The molecule has 0 fully saturated rings. The monoisotopic (exact) mass is 259 g/mol. The summed E-state index contributed by atoms with van der Waals surface area (Å²) in [6, 6.07) is 3.90. The van der Waals surface area contributed by atoms with E-state index in [1.807, 2.05) is 6.07 Å². The Morgan fingerprint density at radius 3 is 3.00 bits per heavy atom. The van der Waals surface area contributed by atoms with Crippen LogP contribution in [0.25, 0.3) is 0 Å². The Labute approximate surface area is 106 Å². The molecule has 0 amide bonds. The number of hydrogen-bond acceptors (Lipinski definition) is 2. The Morgan fingerprint density at radius 2 is 2.25 bits per heavy atom. The van der Waals surface area contributed by atoms with Crippen LogP contribution in [0, 0.1) is 0 Å². The van der Waals surface area contributed by atoms with E-state index in [1.54, 1.807) is 6.07 Å². The van der Waals surface area contributed by atoms with Crippen molar-refractivity contribution >= 4 is 23.2 Å². The highest BCUT2D eigenvalue weighted by Crippen LogP contribution is 2.38. The number of rotatable bonds is 2. The van der Waals surface area contributed by atoms with E-state index in [1.165, 1.54) is 0 Å². The molecule has 4 heteroatoms. The van der Waals surface area contributed by atoms with Crippen molar-refractivity contribution in [3.63, 3.8) is 0 Å². The third kappa shape index (κ3) is 2.45. The summed E-state index contributed by atoms with van der Waals surface area (Å²) in [5.41, 5.74) is 1.05. The van der Waals surface area contributed by atoms with Crippen molar-refractivity contribution in [3.05, 3.63) is 27.7 Å². The molecule has 0 saturated heterocycles. The van der Waals surface area contributed by atoms with E-state index in [9.17, 15) is 0 Å². The van der Waals surface area contributed by atoms with E-state index in [0.717, 1.165) is 37.3 Å². The number of fused-ring (bicyclic) bond motifs is 1. The van der Waals surface area contributed by atoms with Gasteiger partial charge < -0.3 is 10.1 Å². The van der Waals surface area contributed by atoms with E-state index >= 15 is 0 Å². The minimum atomic E-state index is 0.271. The number of hydrogen-bond donors (Lipinski definition) is 1. The summed E-state index contributed by atoms with van der Waals surface area (Å²) in [6.45, 7) is 3.74. The van der Waals surface area contributed by atoms with Gasteiger partial charge in [-0.3, -0.25) is 0 Å². The van der Waals surface area contributed by atoms with Crippen molar-refractivity contribution in [1.29, 1.82) is 0 Å². The van der Waals surface area contributed by atoms with Crippen LogP contribution >= 0.6 is 23.2 Å². The lowest BCUT2D eigenvalue weighted by molar-refractivity contribution is 0.315. The standard InChI is InChI=1S/C12H15Cl2NO/c1-2-15-10-4-3-5-16-11-7-8(13)6-9(14)12(10)11/h6-7,10,15H,2-5H2,1H3. The van der Waals surface area contributed by atoms with Gasteiger partial charge in [-0.25, -0.2) is 0 Å². The van der Waals surface area contributed by atoms with Gasteiger partial charge in [0.2, 0.25) is 0 Å². The molecule has 0 aromatic heterocycles. The molecule has 2 nitrogen and oxygen atoms in total. The molecule has 1 aliphatic rings. The molecule has 1 aromatic rings. The minimum absolute atomic E-state index is 0.271. The smallest absolute Gasteiger partial charge is 0.127 e. The summed E-state index contributed by atoms with van der Waals surface area (Å²) < 4.78 is 5.68. The second-order valence-corrected chi connectivity index (χ2v) is 4.74. The lowest BCUT2D eigenvalue weighted by Crippen LogP contribution is -2.20. The second-order valence-electron chi connectivity index (χ2n) is 3.90. The molecular weight excluding hydrogens is 245 g/mol. The minimum Gasteiger partial charge on any atom is -0.493 e. The van der Waals surface area contributed by atoms with Gasteiger partial charge in [0.25, 0.3) is 0 Å². The molecule has 0 radical (unpaired) electrons. The van der Waals surface area contributed by atoms with Crippen molar-refractivity contribution in [2.75, 3.05) is 13.2 Å². The highest BCUT2D eigenvalue weighted by molar-refractivity contribution is 6.35. The fraction of sp³-hybridized carbons (Fsp3) is 0.500. The zero-order valence-corrected chi connectivity index (χ0v) is 10.7. The summed E-state index contributed by atoms with van der Waals surface area (Å²) >= 11 is 12.2. The van der Waals surface area contributed by atoms with Crippen LogP contribution in [0.3, 0.4) is 0 Å². The lowest BCUT2D eigenvalue weighted by Gasteiger charge is -2.19. The summed E-state index contributed by atoms with van der Waals surface area (Å²) in [4.78, 5) is 0. The van der Waals surface area contributed by atoms with Crippen LogP contribution in [0.2, 0.25) is 10.0 Å². The van der Waals surface area contributed by atoms with Gasteiger partial charge in [-0.05, 0) is 31.5 Å². The maximum atomic E-state index is 6.25. The molecule has 1 heterocycles. The molecule has 88 valence electrons. The second kappa shape index (κ2) is 5.26. The molecule has 2 rings (SSSR count). The van der Waals surface area contributed by atoms with E-state index in [-0.39, 0.29) is 6.04 Å². The Bertz CT molecular complexity index is 382.